The molecule has 2 spiro atoms. The number of anilines is 1. The van der Waals surface area contributed by atoms with E-state index in [9.17, 15) is 9.59 Å². The number of rotatable bonds is 3. The number of carbonyl (C=O) groups is 2. The van der Waals surface area contributed by atoms with Crippen molar-refractivity contribution >= 4 is 23.3 Å². The van der Waals surface area contributed by atoms with Gasteiger partial charge >= 0.3 is 0 Å². The third kappa shape index (κ3) is 3.08. The highest BCUT2D eigenvalue weighted by atomic mass is 16.2. The maximum absolute atomic E-state index is 12.8. The molecule has 3 fully saturated rings. The molecule has 0 aromatic heterocycles. The summed E-state index contributed by atoms with van der Waals surface area (Å²) in [7, 11) is 0. The van der Waals surface area contributed by atoms with Crippen LogP contribution in [-0.2, 0) is 15.0 Å². The SMILES string of the molecule is CCC(=N)NC(=O)C1CC2(CCN(C3CCC4(CC3)C(=O)Nc3ccccc34)C2)C1. The van der Waals surface area contributed by atoms with E-state index in [0.717, 1.165) is 57.3 Å². The normalized spacial score (nSPS) is 35.2. The van der Waals surface area contributed by atoms with E-state index in [1.54, 1.807) is 0 Å². The van der Waals surface area contributed by atoms with Crippen molar-refractivity contribution in [3.05, 3.63) is 29.8 Å². The number of para-hydroxylation sites is 1. The Kier molecular flexibility index (Phi) is 4.73. The lowest BCUT2D eigenvalue weighted by Gasteiger charge is -2.45. The van der Waals surface area contributed by atoms with Gasteiger partial charge in [0.05, 0.1) is 11.3 Å². The molecule has 2 saturated carbocycles. The number of amidine groups is 1. The average Bonchev–Trinajstić information content (AvgIpc) is 3.28. The summed E-state index contributed by atoms with van der Waals surface area (Å²) in [6.45, 7) is 4.09. The quantitative estimate of drug-likeness (QED) is 0.529. The molecule has 1 aromatic rings. The number of hydrogen-bond donors (Lipinski definition) is 3. The number of amides is 2. The van der Waals surface area contributed by atoms with Gasteiger partial charge in [-0.1, -0.05) is 25.1 Å². The second-order valence-electron chi connectivity index (χ2n) is 9.96. The van der Waals surface area contributed by atoms with Crippen molar-refractivity contribution in [3.8, 4) is 0 Å². The zero-order chi connectivity index (χ0) is 20.9. The summed E-state index contributed by atoms with van der Waals surface area (Å²) in [5, 5.41) is 13.5. The Morgan fingerprint density at radius 1 is 1.23 bits per heavy atom. The Bertz CT molecular complexity index is 881. The third-order valence-corrected chi connectivity index (χ3v) is 8.28. The van der Waals surface area contributed by atoms with Crippen LogP contribution in [0.2, 0.25) is 0 Å². The third-order valence-electron chi connectivity index (χ3n) is 8.28. The van der Waals surface area contributed by atoms with Crippen molar-refractivity contribution < 1.29 is 9.59 Å². The molecule has 5 rings (SSSR count). The Balaban J connectivity index is 1.17. The fourth-order valence-corrected chi connectivity index (χ4v) is 6.46. The van der Waals surface area contributed by atoms with Gasteiger partial charge in [0.15, 0.2) is 0 Å². The standard InChI is InChI=1S/C24H32N4O2/c1-2-20(25)27-21(29)16-13-23(14-16)11-12-28(15-23)17-7-9-24(10-8-17)18-5-3-4-6-19(18)26-22(24)30/h3-6,16-17H,2,7-15H2,1H3,(H,26,30)(H2,25,27,29). The number of nitrogens with one attached hydrogen (secondary N) is 3. The van der Waals surface area contributed by atoms with E-state index in [4.69, 9.17) is 5.41 Å². The van der Waals surface area contributed by atoms with Crippen LogP contribution < -0.4 is 10.6 Å². The predicted octanol–water partition coefficient (Wildman–Crippen LogP) is 3.42. The summed E-state index contributed by atoms with van der Waals surface area (Å²) in [6, 6.07) is 8.73. The number of nitrogens with zero attached hydrogens (tertiary/aromatic N) is 1. The van der Waals surface area contributed by atoms with Gasteiger partial charge in [-0.25, -0.2) is 0 Å². The van der Waals surface area contributed by atoms with Crippen LogP contribution in [0.15, 0.2) is 24.3 Å². The van der Waals surface area contributed by atoms with Crippen LogP contribution >= 0.6 is 0 Å². The summed E-state index contributed by atoms with van der Waals surface area (Å²) in [6.07, 6.45) is 7.64. The largest absolute Gasteiger partial charge is 0.325 e. The van der Waals surface area contributed by atoms with Crippen LogP contribution in [0.3, 0.4) is 0 Å². The fraction of sp³-hybridized carbons (Fsp3) is 0.625. The van der Waals surface area contributed by atoms with Gasteiger partial charge in [-0.2, -0.15) is 0 Å². The van der Waals surface area contributed by atoms with Crippen molar-refractivity contribution in [2.45, 2.75) is 69.7 Å². The molecular weight excluding hydrogens is 376 g/mol. The van der Waals surface area contributed by atoms with E-state index in [2.05, 4.69) is 21.6 Å². The summed E-state index contributed by atoms with van der Waals surface area (Å²) < 4.78 is 0. The van der Waals surface area contributed by atoms with Gasteiger partial charge in [0.1, 0.15) is 0 Å². The minimum absolute atomic E-state index is 0.0384. The van der Waals surface area contributed by atoms with Crippen LogP contribution in [0.4, 0.5) is 5.69 Å². The summed E-state index contributed by atoms with van der Waals surface area (Å²) in [5.74, 6) is 0.620. The molecule has 0 radical (unpaired) electrons. The molecule has 1 aromatic carbocycles. The van der Waals surface area contributed by atoms with Crippen LogP contribution in [0.5, 0.6) is 0 Å². The van der Waals surface area contributed by atoms with E-state index in [0.29, 0.717) is 23.7 Å². The lowest BCUT2D eigenvalue weighted by Crippen LogP contribution is -2.49. The Hall–Kier alpha value is -2.21. The molecule has 2 aliphatic carbocycles. The molecule has 0 bridgehead atoms. The van der Waals surface area contributed by atoms with Gasteiger partial charge in [-0.15, -0.1) is 0 Å². The van der Waals surface area contributed by atoms with Crippen LogP contribution in [-0.4, -0.2) is 41.7 Å². The maximum Gasteiger partial charge on any atom is 0.235 e. The monoisotopic (exact) mass is 408 g/mol. The zero-order valence-corrected chi connectivity index (χ0v) is 17.8. The topological polar surface area (TPSA) is 85.3 Å². The number of hydrogen-bond acceptors (Lipinski definition) is 4. The highest BCUT2D eigenvalue weighted by Crippen LogP contribution is 2.54. The number of carbonyl (C=O) groups excluding carboxylic acids is 2. The van der Waals surface area contributed by atoms with Crippen LogP contribution in [0.1, 0.15) is 63.9 Å². The van der Waals surface area contributed by atoms with Crippen molar-refractivity contribution in [2.75, 3.05) is 18.4 Å². The van der Waals surface area contributed by atoms with Crippen LogP contribution in [0.25, 0.3) is 0 Å². The minimum Gasteiger partial charge on any atom is -0.325 e. The smallest absolute Gasteiger partial charge is 0.235 e. The van der Waals surface area contributed by atoms with Gasteiger partial charge in [-0.3, -0.25) is 19.9 Å². The van der Waals surface area contributed by atoms with Crippen molar-refractivity contribution in [1.82, 2.24) is 10.2 Å². The second-order valence-corrected chi connectivity index (χ2v) is 9.96. The Morgan fingerprint density at radius 3 is 2.70 bits per heavy atom. The highest BCUT2D eigenvalue weighted by Gasteiger charge is 2.53. The molecule has 2 aliphatic heterocycles. The maximum atomic E-state index is 12.8. The molecule has 160 valence electrons. The molecule has 2 heterocycles. The number of likely N-dealkylation sites (tertiary alicyclic amines) is 1. The van der Waals surface area contributed by atoms with E-state index < -0.39 is 0 Å². The molecule has 3 N–H and O–H groups in total. The minimum atomic E-state index is -0.325. The van der Waals surface area contributed by atoms with Gasteiger partial charge < -0.3 is 10.6 Å². The highest BCUT2D eigenvalue weighted by molar-refractivity contribution is 6.06. The average molecular weight is 409 g/mol. The van der Waals surface area contributed by atoms with Gasteiger partial charge in [0.25, 0.3) is 0 Å². The van der Waals surface area contributed by atoms with Crippen molar-refractivity contribution in [1.29, 1.82) is 5.41 Å². The van der Waals surface area contributed by atoms with Crippen molar-refractivity contribution in [3.63, 3.8) is 0 Å². The molecule has 6 heteroatoms. The number of benzene rings is 1. The van der Waals surface area contributed by atoms with E-state index >= 15 is 0 Å². The number of fused-ring (bicyclic) bond motifs is 2. The second kappa shape index (κ2) is 7.19. The zero-order valence-electron chi connectivity index (χ0n) is 17.8. The summed E-state index contributed by atoms with van der Waals surface area (Å²) >= 11 is 0. The molecule has 4 aliphatic rings. The molecule has 2 amide bonds. The first-order valence-corrected chi connectivity index (χ1v) is 11.5. The predicted molar refractivity (Wildman–Crippen MR) is 117 cm³/mol. The van der Waals surface area contributed by atoms with Crippen molar-refractivity contribution in [2.24, 2.45) is 11.3 Å². The molecule has 30 heavy (non-hydrogen) atoms. The lowest BCUT2D eigenvalue weighted by atomic mass is 9.61. The van der Waals surface area contributed by atoms with E-state index in [1.165, 1.54) is 12.0 Å². The van der Waals surface area contributed by atoms with Gasteiger partial charge in [0.2, 0.25) is 11.8 Å². The van der Waals surface area contributed by atoms with Crippen LogP contribution in [0, 0.1) is 16.7 Å². The summed E-state index contributed by atoms with van der Waals surface area (Å²) in [5.41, 5.74) is 2.16. The molecule has 6 nitrogen and oxygen atoms in total. The first-order valence-electron chi connectivity index (χ1n) is 11.5. The molecule has 1 saturated heterocycles. The van der Waals surface area contributed by atoms with E-state index in [1.807, 2.05) is 25.1 Å². The van der Waals surface area contributed by atoms with Gasteiger partial charge in [0, 0.05) is 30.6 Å². The first kappa shape index (κ1) is 19.7. The first-order chi connectivity index (χ1) is 14.4. The molecule has 0 unspecified atom stereocenters. The van der Waals surface area contributed by atoms with Gasteiger partial charge in [-0.05, 0) is 68.5 Å². The Morgan fingerprint density at radius 2 is 1.97 bits per heavy atom. The summed E-state index contributed by atoms with van der Waals surface area (Å²) in [4.78, 5) is 27.7. The molecule has 0 atom stereocenters. The lowest BCUT2D eigenvalue weighted by molar-refractivity contribution is -0.130. The Labute approximate surface area is 178 Å². The fourth-order valence-electron chi connectivity index (χ4n) is 6.46. The van der Waals surface area contributed by atoms with E-state index in [-0.39, 0.29) is 23.1 Å². The molecular formula is C24H32N4O2.